The van der Waals surface area contributed by atoms with Gasteiger partial charge in [-0.05, 0) is 23.3 Å². The third-order valence-electron chi connectivity index (χ3n) is 4.75. The number of carbonyl (C=O) groups is 1. The van der Waals surface area contributed by atoms with Gasteiger partial charge < -0.3 is 0 Å². The van der Waals surface area contributed by atoms with Gasteiger partial charge in [0, 0.05) is 24.2 Å². The van der Waals surface area contributed by atoms with Crippen molar-refractivity contribution in [3.63, 3.8) is 0 Å². The van der Waals surface area contributed by atoms with Crippen LogP contribution in [0.5, 0.6) is 0 Å². The van der Waals surface area contributed by atoms with E-state index in [-0.39, 0.29) is 11.9 Å². The maximum Gasteiger partial charge on any atom is 0.248 e. The van der Waals surface area contributed by atoms with Crippen LogP contribution in [0.15, 0.2) is 66.0 Å². The minimum atomic E-state index is -0.509. The van der Waals surface area contributed by atoms with Crippen molar-refractivity contribution in [1.82, 2.24) is 15.0 Å². The molecule has 1 aromatic heterocycles. The summed E-state index contributed by atoms with van der Waals surface area (Å²) in [6.07, 6.45) is 4.05. The number of rotatable bonds is 2. The zero-order chi connectivity index (χ0) is 19.0. The van der Waals surface area contributed by atoms with E-state index in [9.17, 15) is 4.79 Å². The highest BCUT2D eigenvalue weighted by Gasteiger charge is 2.38. The summed E-state index contributed by atoms with van der Waals surface area (Å²) in [5, 5.41) is 6.38. The van der Waals surface area contributed by atoms with Crippen LogP contribution in [-0.2, 0) is 4.79 Å². The van der Waals surface area contributed by atoms with E-state index in [1.165, 1.54) is 0 Å². The van der Waals surface area contributed by atoms with Crippen molar-refractivity contribution in [3.8, 4) is 0 Å². The Labute approximate surface area is 158 Å². The Morgan fingerprint density at radius 2 is 1.70 bits per heavy atom. The molecule has 0 bridgehead atoms. The molecule has 5 heteroatoms. The minimum Gasteiger partial charge on any atom is -0.272 e. The highest BCUT2D eigenvalue weighted by atomic mass is 16.2. The molecule has 4 rings (SSSR count). The Bertz CT molecular complexity index is 1020. The third kappa shape index (κ3) is 3.33. The molecule has 1 aliphatic rings. The number of nitrogens with zero attached hydrogens (tertiary/aromatic N) is 4. The lowest BCUT2D eigenvalue weighted by atomic mass is 9.93. The molecule has 136 valence electrons. The molecule has 0 fully saturated rings. The summed E-state index contributed by atoms with van der Waals surface area (Å²) in [5.74, 6) is 0.0117. The lowest BCUT2D eigenvalue weighted by molar-refractivity contribution is -0.141. The molecule has 0 radical (unpaired) electrons. The summed E-state index contributed by atoms with van der Waals surface area (Å²) >= 11 is 0. The molecule has 1 aliphatic heterocycles. The van der Waals surface area contributed by atoms with Crippen molar-refractivity contribution in [2.75, 3.05) is 0 Å². The van der Waals surface area contributed by atoms with Crippen LogP contribution < -0.4 is 0 Å². The molecule has 0 aliphatic carbocycles. The molecule has 1 atom stereocenters. The number of aromatic nitrogens is 2. The van der Waals surface area contributed by atoms with E-state index in [4.69, 9.17) is 5.10 Å². The van der Waals surface area contributed by atoms with E-state index in [0.29, 0.717) is 6.42 Å². The quantitative estimate of drug-likeness (QED) is 0.684. The van der Waals surface area contributed by atoms with Gasteiger partial charge in [0.25, 0.3) is 0 Å². The molecule has 0 unspecified atom stereocenters. The smallest absolute Gasteiger partial charge is 0.248 e. The summed E-state index contributed by atoms with van der Waals surface area (Å²) in [7, 11) is 0. The van der Waals surface area contributed by atoms with Gasteiger partial charge in [0.05, 0.1) is 22.8 Å². The highest BCUT2D eigenvalue weighted by Crippen LogP contribution is 2.36. The largest absolute Gasteiger partial charge is 0.272 e. The maximum absolute atomic E-state index is 13.1. The highest BCUT2D eigenvalue weighted by molar-refractivity contribution is 6.03. The molecule has 2 heterocycles. The van der Waals surface area contributed by atoms with Crippen molar-refractivity contribution < 1.29 is 4.79 Å². The van der Waals surface area contributed by atoms with E-state index in [1.807, 2.05) is 69.3 Å². The average molecular weight is 358 g/mol. The summed E-state index contributed by atoms with van der Waals surface area (Å²) in [4.78, 5) is 21.8. The lowest BCUT2D eigenvalue weighted by Gasteiger charge is -2.28. The Hall–Kier alpha value is -3.08. The third-order valence-corrected chi connectivity index (χ3v) is 4.75. The van der Waals surface area contributed by atoms with E-state index in [1.54, 1.807) is 17.4 Å². The second-order valence-electron chi connectivity index (χ2n) is 7.84. The molecule has 5 nitrogen and oxygen atoms in total. The number of carbonyl (C=O) groups excluding carboxylic acids is 1. The first kappa shape index (κ1) is 17.3. The summed E-state index contributed by atoms with van der Waals surface area (Å²) < 4.78 is 0. The second-order valence-corrected chi connectivity index (χ2v) is 7.84. The van der Waals surface area contributed by atoms with Crippen molar-refractivity contribution in [2.24, 2.45) is 10.5 Å². The fourth-order valence-electron chi connectivity index (χ4n) is 3.29. The zero-order valence-electron chi connectivity index (χ0n) is 15.8. The predicted octanol–water partition coefficient (Wildman–Crippen LogP) is 4.35. The second kappa shape index (κ2) is 6.58. The first-order valence-electron chi connectivity index (χ1n) is 9.11. The Kier molecular flexibility index (Phi) is 4.22. The molecular formula is C22H22N4O. The number of hydrazone groups is 1. The number of hydrogen-bond acceptors (Lipinski definition) is 4. The lowest BCUT2D eigenvalue weighted by Crippen LogP contribution is -2.36. The molecule has 2 aromatic carbocycles. The van der Waals surface area contributed by atoms with Crippen LogP contribution in [0.25, 0.3) is 11.0 Å². The number of fused-ring (bicyclic) bond motifs is 1. The zero-order valence-corrected chi connectivity index (χ0v) is 15.8. The van der Waals surface area contributed by atoms with Crippen LogP contribution in [-0.4, -0.2) is 26.6 Å². The van der Waals surface area contributed by atoms with E-state index >= 15 is 0 Å². The van der Waals surface area contributed by atoms with Gasteiger partial charge >= 0.3 is 0 Å². The number of hydrogen-bond donors (Lipinski definition) is 0. The monoisotopic (exact) mass is 358 g/mol. The van der Waals surface area contributed by atoms with Crippen molar-refractivity contribution in [1.29, 1.82) is 0 Å². The van der Waals surface area contributed by atoms with E-state index < -0.39 is 5.41 Å². The molecule has 0 saturated heterocycles. The van der Waals surface area contributed by atoms with Crippen LogP contribution in [0, 0.1) is 5.41 Å². The summed E-state index contributed by atoms with van der Waals surface area (Å²) in [6, 6.07) is 15.9. The Balaban J connectivity index is 1.76. The van der Waals surface area contributed by atoms with Crippen LogP contribution in [0.4, 0.5) is 0 Å². The van der Waals surface area contributed by atoms with Gasteiger partial charge in [0.1, 0.15) is 0 Å². The van der Waals surface area contributed by atoms with Crippen LogP contribution >= 0.6 is 0 Å². The molecular weight excluding hydrogens is 336 g/mol. The predicted molar refractivity (Wildman–Crippen MR) is 106 cm³/mol. The van der Waals surface area contributed by atoms with E-state index in [2.05, 4.69) is 9.97 Å². The fraction of sp³-hybridized carbons (Fsp3) is 0.273. The molecule has 0 spiro atoms. The van der Waals surface area contributed by atoms with Gasteiger partial charge in [-0.25, -0.2) is 5.01 Å². The first-order chi connectivity index (χ1) is 12.9. The normalized spacial score (nSPS) is 17.2. The summed E-state index contributed by atoms with van der Waals surface area (Å²) in [6.45, 7) is 5.77. The summed E-state index contributed by atoms with van der Waals surface area (Å²) in [5.41, 5.74) is 4.16. The fourth-order valence-corrected chi connectivity index (χ4v) is 3.29. The average Bonchev–Trinajstić information content (AvgIpc) is 3.12. The SMILES string of the molecule is CC(C)(C)C(=O)N1N=C(c2ccccc2)C[C@@H]1c1ccc2nccnc2c1. The molecule has 0 saturated carbocycles. The minimum absolute atomic E-state index is 0.0117. The van der Waals surface area contributed by atoms with Gasteiger partial charge in [0.15, 0.2) is 0 Å². The van der Waals surface area contributed by atoms with Gasteiger partial charge in [-0.1, -0.05) is 57.2 Å². The molecule has 0 N–H and O–H groups in total. The first-order valence-corrected chi connectivity index (χ1v) is 9.11. The standard InChI is InChI=1S/C22H22N4O/c1-22(2,3)21(27)26-20(14-18(25-26)15-7-5-4-6-8-15)16-9-10-17-19(13-16)24-12-11-23-17/h4-13,20H,14H2,1-3H3/t20-/m1/s1. The molecule has 27 heavy (non-hydrogen) atoms. The Morgan fingerprint density at radius 1 is 1.00 bits per heavy atom. The maximum atomic E-state index is 13.1. The van der Waals surface area contributed by atoms with Crippen LogP contribution in [0.1, 0.15) is 44.4 Å². The van der Waals surface area contributed by atoms with Gasteiger partial charge in [0.2, 0.25) is 5.91 Å². The van der Waals surface area contributed by atoms with Gasteiger partial charge in [-0.3, -0.25) is 14.8 Å². The topological polar surface area (TPSA) is 58.5 Å². The number of amides is 1. The van der Waals surface area contributed by atoms with Crippen LogP contribution in [0.3, 0.4) is 0 Å². The molecule has 1 amide bonds. The van der Waals surface area contributed by atoms with Gasteiger partial charge in [-0.15, -0.1) is 0 Å². The van der Waals surface area contributed by atoms with Crippen LogP contribution in [0.2, 0.25) is 0 Å². The van der Waals surface area contributed by atoms with Crippen molar-refractivity contribution in [2.45, 2.75) is 33.2 Å². The Morgan fingerprint density at radius 3 is 2.41 bits per heavy atom. The number of benzene rings is 2. The molecule has 3 aromatic rings. The van der Waals surface area contributed by atoms with E-state index in [0.717, 1.165) is 27.9 Å². The van der Waals surface area contributed by atoms with Gasteiger partial charge in [-0.2, -0.15) is 5.10 Å². The van der Waals surface area contributed by atoms with Crippen molar-refractivity contribution in [3.05, 3.63) is 72.1 Å². The van der Waals surface area contributed by atoms with Crippen molar-refractivity contribution >= 4 is 22.7 Å².